The van der Waals surface area contributed by atoms with Gasteiger partial charge in [0.25, 0.3) is 11.1 Å². The highest BCUT2D eigenvalue weighted by atomic mass is 35.5. The molecule has 0 bridgehead atoms. The predicted molar refractivity (Wildman–Crippen MR) is 137 cm³/mol. The van der Waals surface area contributed by atoms with Crippen LogP contribution in [-0.4, -0.2) is 53.8 Å². The number of rotatable bonds is 5. The van der Waals surface area contributed by atoms with Crippen molar-refractivity contribution in [3.05, 3.63) is 81.4 Å². The van der Waals surface area contributed by atoms with Crippen LogP contribution in [0.3, 0.4) is 0 Å². The first-order valence-corrected chi connectivity index (χ1v) is 12.4. The Labute approximate surface area is 211 Å². The second-order valence-electron chi connectivity index (χ2n) is 8.02. The van der Waals surface area contributed by atoms with E-state index in [9.17, 15) is 9.59 Å². The minimum Gasteiger partial charge on any atom is -0.457 e. The van der Waals surface area contributed by atoms with E-state index >= 15 is 0 Å². The van der Waals surface area contributed by atoms with Crippen LogP contribution in [0.25, 0.3) is 17.4 Å². The lowest BCUT2D eigenvalue weighted by Crippen LogP contribution is -2.50. The molecule has 0 saturated carbocycles. The average molecular weight is 514 g/mol. The number of anilines is 1. The van der Waals surface area contributed by atoms with Gasteiger partial charge in [-0.15, -0.1) is 0 Å². The van der Waals surface area contributed by atoms with Crippen molar-refractivity contribution in [1.29, 1.82) is 0 Å². The van der Waals surface area contributed by atoms with Crippen molar-refractivity contribution in [2.45, 2.75) is 0 Å². The molecule has 0 radical (unpaired) electrons. The fourth-order valence-electron chi connectivity index (χ4n) is 4.01. The van der Waals surface area contributed by atoms with Crippen molar-refractivity contribution < 1.29 is 14.0 Å². The van der Waals surface area contributed by atoms with E-state index in [1.165, 1.54) is 4.90 Å². The largest absolute Gasteiger partial charge is 0.457 e. The molecule has 174 valence electrons. The van der Waals surface area contributed by atoms with Crippen LogP contribution in [0.4, 0.5) is 10.5 Å². The van der Waals surface area contributed by atoms with Crippen LogP contribution >= 0.6 is 35.0 Å². The number of piperazine rings is 1. The molecule has 0 unspecified atom stereocenters. The number of furan rings is 1. The van der Waals surface area contributed by atoms with E-state index < -0.39 is 0 Å². The fraction of sp³-hybridized carbons (Fsp3) is 0.200. The Morgan fingerprint density at radius 1 is 0.941 bits per heavy atom. The van der Waals surface area contributed by atoms with E-state index in [-0.39, 0.29) is 17.8 Å². The number of halogens is 2. The molecule has 3 heterocycles. The molecule has 9 heteroatoms. The maximum atomic E-state index is 12.9. The molecule has 2 aromatic carbocycles. The second-order valence-corrected chi connectivity index (χ2v) is 9.85. The summed E-state index contributed by atoms with van der Waals surface area (Å²) in [4.78, 5) is 31.5. The molecule has 2 aliphatic heterocycles. The summed E-state index contributed by atoms with van der Waals surface area (Å²) in [6, 6.07) is 18.7. The zero-order valence-electron chi connectivity index (χ0n) is 18.1. The first-order chi connectivity index (χ1) is 16.5. The van der Waals surface area contributed by atoms with Gasteiger partial charge in [-0.1, -0.05) is 41.4 Å². The summed E-state index contributed by atoms with van der Waals surface area (Å²) in [5, 5.41) is 1.02. The molecule has 0 aliphatic carbocycles. The summed E-state index contributed by atoms with van der Waals surface area (Å²) >= 11 is 13.3. The van der Waals surface area contributed by atoms with Gasteiger partial charge in [-0.05, 0) is 54.2 Å². The smallest absolute Gasteiger partial charge is 0.294 e. The molecule has 2 saturated heterocycles. The summed E-state index contributed by atoms with van der Waals surface area (Å²) in [6.07, 6.45) is 1.61. The van der Waals surface area contributed by atoms with Crippen LogP contribution in [-0.2, 0) is 4.79 Å². The summed E-state index contributed by atoms with van der Waals surface area (Å²) < 4.78 is 5.86. The minimum atomic E-state index is -0.303. The third-order valence-corrected chi connectivity index (χ3v) is 7.27. The Hall–Kier alpha value is -2.71. The highest BCUT2D eigenvalue weighted by Gasteiger charge is 2.36. The zero-order valence-corrected chi connectivity index (χ0v) is 20.4. The van der Waals surface area contributed by atoms with Crippen molar-refractivity contribution in [2.75, 3.05) is 37.7 Å². The topological polar surface area (TPSA) is 57.0 Å². The van der Waals surface area contributed by atoms with Crippen LogP contribution in [0.1, 0.15) is 5.76 Å². The van der Waals surface area contributed by atoms with Gasteiger partial charge in [0.05, 0.1) is 16.6 Å². The number of nitrogens with zero attached hydrogens (tertiary/aromatic N) is 3. The summed E-state index contributed by atoms with van der Waals surface area (Å²) in [5.74, 6) is 0.798. The molecule has 6 nitrogen and oxygen atoms in total. The van der Waals surface area contributed by atoms with E-state index in [0.717, 1.165) is 49.2 Å². The second kappa shape index (κ2) is 9.88. The molecule has 34 heavy (non-hydrogen) atoms. The van der Waals surface area contributed by atoms with Crippen molar-refractivity contribution >= 4 is 57.9 Å². The first-order valence-electron chi connectivity index (χ1n) is 10.8. The number of benzene rings is 2. The van der Waals surface area contributed by atoms with Gasteiger partial charge in [0, 0.05) is 48.5 Å². The molecule has 3 aromatic rings. The van der Waals surface area contributed by atoms with Crippen LogP contribution in [0.15, 0.2) is 70.0 Å². The van der Waals surface area contributed by atoms with E-state index in [1.807, 2.05) is 42.5 Å². The van der Waals surface area contributed by atoms with Crippen molar-refractivity contribution in [1.82, 2.24) is 9.80 Å². The number of thioether (sulfide) groups is 1. The van der Waals surface area contributed by atoms with Crippen LogP contribution in [0.5, 0.6) is 0 Å². The SMILES string of the molecule is O=C1S/C(=C/c2ccc(-c3ccccc3Cl)o2)C(=O)N1CN1CCN(c2cccc(Cl)c2)CC1. The van der Waals surface area contributed by atoms with Gasteiger partial charge in [-0.2, -0.15) is 0 Å². The van der Waals surface area contributed by atoms with Gasteiger partial charge in [-0.25, -0.2) is 0 Å². The molecule has 2 amide bonds. The van der Waals surface area contributed by atoms with Crippen molar-refractivity contribution in [3.63, 3.8) is 0 Å². The van der Waals surface area contributed by atoms with E-state index in [1.54, 1.807) is 24.3 Å². The molecule has 5 rings (SSSR count). The lowest BCUT2D eigenvalue weighted by molar-refractivity contribution is -0.124. The maximum Gasteiger partial charge on any atom is 0.294 e. The molecule has 1 aromatic heterocycles. The third-order valence-electron chi connectivity index (χ3n) is 5.80. The lowest BCUT2D eigenvalue weighted by atomic mass is 10.2. The molecule has 0 N–H and O–H groups in total. The Balaban J connectivity index is 1.22. The quantitative estimate of drug-likeness (QED) is 0.386. The lowest BCUT2D eigenvalue weighted by Gasteiger charge is -2.37. The normalized spacial score (nSPS) is 18.4. The maximum absolute atomic E-state index is 12.9. The molecule has 2 aliphatic rings. The Bertz CT molecular complexity index is 1270. The van der Waals surface area contributed by atoms with E-state index in [2.05, 4.69) is 9.80 Å². The van der Waals surface area contributed by atoms with Crippen LogP contribution in [0.2, 0.25) is 10.0 Å². The van der Waals surface area contributed by atoms with Crippen molar-refractivity contribution in [3.8, 4) is 11.3 Å². The number of carbonyl (C=O) groups is 2. The van der Waals surface area contributed by atoms with Gasteiger partial charge >= 0.3 is 0 Å². The number of imide groups is 1. The van der Waals surface area contributed by atoms with Gasteiger partial charge in [0.1, 0.15) is 11.5 Å². The Morgan fingerprint density at radius 3 is 2.50 bits per heavy atom. The number of carbonyl (C=O) groups excluding carboxylic acids is 2. The van der Waals surface area contributed by atoms with E-state index in [0.29, 0.717) is 26.5 Å². The van der Waals surface area contributed by atoms with Crippen LogP contribution < -0.4 is 4.90 Å². The van der Waals surface area contributed by atoms with Gasteiger partial charge in [0.15, 0.2) is 0 Å². The fourth-order valence-corrected chi connectivity index (χ4v) is 5.23. The highest BCUT2D eigenvalue weighted by Crippen LogP contribution is 2.34. The summed E-state index contributed by atoms with van der Waals surface area (Å²) in [7, 11) is 0. The molecular weight excluding hydrogens is 493 g/mol. The zero-order chi connectivity index (χ0) is 23.7. The van der Waals surface area contributed by atoms with Gasteiger partial charge in [0.2, 0.25) is 0 Å². The third kappa shape index (κ3) is 4.88. The van der Waals surface area contributed by atoms with Crippen molar-refractivity contribution in [2.24, 2.45) is 0 Å². The standard InChI is InChI=1S/C25H21Cl2N3O3S/c26-17-4-3-5-18(14-17)29-12-10-28(11-13-29)16-30-24(31)23(34-25(30)32)15-19-8-9-22(33-19)20-6-1-2-7-21(20)27/h1-9,14-15H,10-13,16H2/b23-15+. The molecule has 0 atom stereocenters. The summed E-state index contributed by atoms with van der Waals surface area (Å²) in [5.41, 5.74) is 1.85. The van der Waals surface area contributed by atoms with Gasteiger partial charge < -0.3 is 9.32 Å². The summed E-state index contributed by atoms with van der Waals surface area (Å²) in [6.45, 7) is 3.35. The number of hydrogen-bond donors (Lipinski definition) is 0. The molecule has 2 fully saturated rings. The Kier molecular flexibility index (Phi) is 6.70. The average Bonchev–Trinajstić information content (AvgIpc) is 3.40. The molecule has 0 spiro atoms. The van der Waals surface area contributed by atoms with Gasteiger partial charge in [-0.3, -0.25) is 19.4 Å². The number of hydrogen-bond acceptors (Lipinski definition) is 6. The predicted octanol–water partition coefficient (Wildman–Crippen LogP) is 6.07. The van der Waals surface area contributed by atoms with Crippen LogP contribution in [0, 0.1) is 0 Å². The Morgan fingerprint density at radius 2 is 1.74 bits per heavy atom. The highest BCUT2D eigenvalue weighted by molar-refractivity contribution is 8.18. The minimum absolute atomic E-state index is 0.272. The molecular formula is C25H21Cl2N3O3S. The number of amides is 2. The first kappa shape index (κ1) is 23.1. The van der Waals surface area contributed by atoms with E-state index in [4.69, 9.17) is 27.6 Å². The monoisotopic (exact) mass is 513 g/mol.